The second-order valence-electron chi connectivity index (χ2n) is 4.72. The summed E-state index contributed by atoms with van der Waals surface area (Å²) in [5.74, 6) is -1.08. The molecule has 0 aromatic heterocycles. The number of carboxylic acid groups (broad SMARTS) is 1. The van der Waals surface area contributed by atoms with Gasteiger partial charge >= 0.3 is 5.97 Å². The van der Waals surface area contributed by atoms with E-state index in [1.165, 1.54) is 4.90 Å². The number of piperidine rings is 1. The molecule has 1 aromatic carbocycles. The Morgan fingerprint density at radius 3 is 2.78 bits per heavy atom. The summed E-state index contributed by atoms with van der Waals surface area (Å²) in [7, 11) is 0. The van der Waals surface area contributed by atoms with Crippen LogP contribution in [0.15, 0.2) is 24.3 Å². The Morgan fingerprint density at radius 1 is 1.33 bits per heavy atom. The van der Waals surface area contributed by atoms with Crippen molar-refractivity contribution in [1.82, 2.24) is 4.90 Å². The van der Waals surface area contributed by atoms with Gasteiger partial charge in [-0.3, -0.25) is 4.79 Å². The lowest BCUT2D eigenvalue weighted by Gasteiger charge is -2.33. The first kappa shape index (κ1) is 12.6. The number of carbonyl (C=O) groups is 2. The van der Waals surface area contributed by atoms with Crippen molar-refractivity contribution in [3.8, 4) is 0 Å². The van der Waals surface area contributed by atoms with Crippen molar-refractivity contribution in [3.63, 3.8) is 0 Å². The molecular weight excluding hydrogens is 230 g/mol. The Bertz CT molecular complexity index is 470. The minimum absolute atomic E-state index is 0.175. The number of aryl methyl sites for hydroxylation is 1. The highest BCUT2D eigenvalue weighted by molar-refractivity contribution is 5.96. The van der Waals surface area contributed by atoms with E-state index in [9.17, 15) is 9.59 Å². The fraction of sp³-hybridized carbons (Fsp3) is 0.429. The van der Waals surface area contributed by atoms with Gasteiger partial charge in [-0.1, -0.05) is 17.7 Å². The van der Waals surface area contributed by atoms with Gasteiger partial charge in [0.15, 0.2) is 0 Å². The molecule has 1 aromatic rings. The molecule has 1 N–H and O–H groups in total. The second-order valence-corrected chi connectivity index (χ2v) is 4.72. The predicted octanol–water partition coefficient (Wildman–Crippen LogP) is 2.07. The van der Waals surface area contributed by atoms with Crippen LogP contribution in [0.3, 0.4) is 0 Å². The molecule has 1 aliphatic rings. The van der Waals surface area contributed by atoms with Crippen molar-refractivity contribution in [2.24, 2.45) is 0 Å². The summed E-state index contributed by atoms with van der Waals surface area (Å²) in [5, 5.41) is 9.17. The van der Waals surface area contributed by atoms with E-state index in [1.54, 1.807) is 12.1 Å². The van der Waals surface area contributed by atoms with E-state index in [0.29, 0.717) is 18.5 Å². The number of carboxylic acids is 1. The maximum Gasteiger partial charge on any atom is 0.326 e. The lowest BCUT2D eigenvalue weighted by Crippen LogP contribution is -2.47. The summed E-state index contributed by atoms with van der Waals surface area (Å²) >= 11 is 0. The minimum Gasteiger partial charge on any atom is -0.480 e. The molecule has 0 bridgehead atoms. The number of likely N-dealkylation sites (tertiary alicyclic amines) is 1. The Labute approximate surface area is 106 Å². The number of hydrogen-bond acceptors (Lipinski definition) is 2. The molecule has 1 heterocycles. The topological polar surface area (TPSA) is 57.6 Å². The molecule has 0 radical (unpaired) electrons. The van der Waals surface area contributed by atoms with Crippen LogP contribution in [0.4, 0.5) is 0 Å². The number of carbonyl (C=O) groups excluding carboxylic acids is 1. The van der Waals surface area contributed by atoms with E-state index in [4.69, 9.17) is 5.11 Å². The van der Waals surface area contributed by atoms with Gasteiger partial charge in [0.25, 0.3) is 5.91 Å². The van der Waals surface area contributed by atoms with Crippen molar-refractivity contribution < 1.29 is 14.7 Å². The van der Waals surface area contributed by atoms with Crippen LogP contribution in [0.5, 0.6) is 0 Å². The first-order chi connectivity index (χ1) is 8.59. The maximum absolute atomic E-state index is 12.3. The number of benzene rings is 1. The van der Waals surface area contributed by atoms with Crippen molar-refractivity contribution in [2.75, 3.05) is 6.54 Å². The average molecular weight is 247 g/mol. The third-order valence-corrected chi connectivity index (χ3v) is 3.31. The fourth-order valence-corrected chi connectivity index (χ4v) is 2.38. The highest BCUT2D eigenvalue weighted by Crippen LogP contribution is 2.20. The Morgan fingerprint density at radius 2 is 2.11 bits per heavy atom. The fourth-order valence-electron chi connectivity index (χ4n) is 2.38. The molecule has 2 rings (SSSR count). The normalized spacial score (nSPS) is 19.6. The van der Waals surface area contributed by atoms with Gasteiger partial charge in [-0.2, -0.15) is 0 Å². The van der Waals surface area contributed by atoms with Gasteiger partial charge in [-0.15, -0.1) is 0 Å². The van der Waals surface area contributed by atoms with Gasteiger partial charge in [0.1, 0.15) is 6.04 Å². The number of hydrogen-bond donors (Lipinski definition) is 1. The molecule has 1 aliphatic heterocycles. The van der Waals surface area contributed by atoms with Crippen molar-refractivity contribution in [2.45, 2.75) is 32.2 Å². The Kier molecular flexibility index (Phi) is 3.65. The van der Waals surface area contributed by atoms with E-state index in [-0.39, 0.29) is 5.91 Å². The molecule has 1 atom stereocenters. The molecule has 18 heavy (non-hydrogen) atoms. The zero-order valence-electron chi connectivity index (χ0n) is 10.4. The monoisotopic (exact) mass is 247 g/mol. The lowest BCUT2D eigenvalue weighted by molar-refractivity contribution is -0.143. The summed E-state index contributed by atoms with van der Waals surface area (Å²) in [6.45, 7) is 2.45. The van der Waals surface area contributed by atoms with Gasteiger partial charge in [0, 0.05) is 12.1 Å². The first-order valence-electron chi connectivity index (χ1n) is 6.20. The molecule has 4 nitrogen and oxygen atoms in total. The quantitative estimate of drug-likeness (QED) is 0.870. The first-order valence-corrected chi connectivity index (χ1v) is 6.20. The van der Waals surface area contributed by atoms with Crippen molar-refractivity contribution in [1.29, 1.82) is 0 Å². The smallest absolute Gasteiger partial charge is 0.326 e. The predicted molar refractivity (Wildman–Crippen MR) is 67.5 cm³/mol. The minimum atomic E-state index is -0.907. The SMILES string of the molecule is Cc1cccc(C(=O)N2CCCCC2C(=O)O)c1. The summed E-state index contributed by atoms with van der Waals surface area (Å²) < 4.78 is 0. The molecule has 1 amide bonds. The molecule has 1 unspecified atom stereocenters. The van der Waals surface area contributed by atoms with Gasteiger partial charge in [0.2, 0.25) is 0 Å². The van der Waals surface area contributed by atoms with E-state index >= 15 is 0 Å². The number of rotatable bonds is 2. The zero-order valence-corrected chi connectivity index (χ0v) is 10.4. The third-order valence-electron chi connectivity index (χ3n) is 3.31. The van der Waals surface area contributed by atoms with Crippen LogP contribution in [-0.2, 0) is 4.79 Å². The van der Waals surface area contributed by atoms with Crippen LogP contribution >= 0.6 is 0 Å². The molecule has 4 heteroatoms. The van der Waals surface area contributed by atoms with Crippen molar-refractivity contribution >= 4 is 11.9 Å². The summed E-state index contributed by atoms with van der Waals surface area (Å²) in [5.41, 5.74) is 1.58. The molecule has 96 valence electrons. The van der Waals surface area contributed by atoms with Gasteiger partial charge in [0.05, 0.1) is 0 Å². The third kappa shape index (κ3) is 2.53. The van der Waals surface area contributed by atoms with Gasteiger partial charge in [-0.25, -0.2) is 4.79 Å². The molecule has 1 fully saturated rings. The summed E-state index contributed by atoms with van der Waals surface area (Å²) in [6.07, 6.45) is 2.29. The lowest BCUT2D eigenvalue weighted by atomic mass is 10.0. The van der Waals surface area contributed by atoms with Crippen LogP contribution < -0.4 is 0 Å². The van der Waals surface area contributed by atoms with Gasteiger partial charge < -0.3 is 10.0 Å². The van der Waals surface area contributed by atoms with Crippen LogP contribution in [-0.4, -0.2) is 34.5 Å². The molecular formula is C14H17NO3. The van der Waals surface area contributed by atoms with Crippen LogP contribution in [0.25, 0.3) is 0 Å². The van der Waals surface area contributed by atoms with E-state index in [0.717, 1.165) is 18.4 Å². The molecule has 0 aliphatic carbocycles. The van der Waals surface area contributed by atoms with E-state index in [1.807, 2.05) is 19.1 Å². The second kappa shape index (κ2) is 5.21. The molecule has 0 spiro atoms. The zero-order chi connectivity index (χ0) is 13.1. The highest BCUT2D eigenvalue weighted by atomic mass is 16.4. The van der Waals surface area contributed by atoms with E-state index in [2.05, 4.69) is 0 Å². The number of aliphatic carboxylic acids is 1. The molecule has 0 saturated carbocycles. The Hall–Kier alpha value is -1.84. The van der Waals surface area contributed by atoms with Crippen LogP contribution in [0.1, 0.15) is 35.2 Å². The van der Waals surface area contributed by atoms with E-state index < -0.39 is 12.0 Å². The van der Waals surface area contributed by atoms with Crippen LogP contribution in [0.2, 0.25) is 0 Å². The molecule has 1 saturated heterocycles. The standard InChI is InChI=1S/C14H17NO3/c1-10-5-4-6-11(9-10)13(16)15-8-3-2-7-12(15)14(17)18/h4-6,9,12H,2-3,7-8H2,1H3,(H,17,18). The average Bonchev–Trinajstić information content (AvgIpc) is 2.38. The van der Waals surface area contributed by atoms with Crippen molar-refractivity contribution in [3.05, 3.63) is 35.4 Å². The summed E-state index contributed by atoms with van der Waals surface area (Å²) in [6, 6.07) is 6.61. The van der Waals surface area contributed by atoms with Crippen LogP contribution in [0, 0.1) is 6.92 Å². The highest BCUT2D eigenvalue weighted by Gasteiger charge is 2.32. The summed E-state index contributed by atoms with van der Waals surface area (Å²) in [4.78, 5) is 25.0. The Balaban J connectivity index is 2.23. The van der Waals surface area contributed by atoms with Gasteiger partial charge in [-0.05, 0) is 38.3 Å². The number of nitrogens with zero attached hydrogens (tertiary/aromatic N) is 1. The largest absolute Gasteiger partial charge is 0.480 e. The maximum atomic E-state index is 12.3. The number of amides is 1.